The molecule has 0 aromatic carbocycles. The van der Waals surface area contributed by atoms with Crippen molar-refractivity contribution in [2.75, 3.05) is 7.05 Å². The summed E-state index contributed by atoms with van der Waals surface area (Å²) in [5.74, 6) is 2.49. The lowest BCUT2D eigenvalue weighted by atomic mass is 9.47. The summed E-state index contributed by atoms with van der Waals surface area (Å²) >= 11 is 0. The molecule has 1 aliphatic heterocycles. The fourth-order valence-corrected chi connectivity index (χ4v) is 7.92. The summed E-state index contributed by atoms with van der Waals surface area (Å²) < 4.78 is 0. The van der Waals surface area contributed by atoms with E-state index >= 15 is 0 Å². The number of urea groups is 1. The highest BCUT2D eigenvalue weighted by atomic mass is 16.2. The van der Waals surface area contributed by atoms with Gasteiger partial charge in [-0.3, -0.25) is 4.79 Å². The van der Waals surface area contributed by atoms with Gasteiger partial charge in [0, 0.05) is 31.1 Å². The van der Waals surface area contributed by atoms with Crippen LogP contribution in [0.15, 0.2) is 0 Å². The topological polar surface area (TPSA) is 61.4 Å². The molecule has 0 aromatic heterocycles. The molecule has 6 unspecified atom stereocenters. The van der Waals surface area contributed by atoms with Crippen molar-refractivity contribution in [2.24, 2.45) is 28.6 Å². The van der Waals surface area contributed by atoms with Gasteiger partial charge in [-0.15, -0.1) is 0 Å². The zero-order chi connectivity index (χ0) is 21.2. The highest BCUT2D eigenvalue weighted by molar-refractivity contribution is 5.77. The SMILES string of the molecule is CN1C(=O)CCC2(C)C3CCC4(C)C(NC(=O)NC(C)(C)C)CCC4C3CC[C@@H]12. The van der Waals surface area contributed by atoms with Gasteiger partial charge in [0.1, 0.15) is 0 Å². The maximum atomic E-state index is 12.6. The molecular weight excluding hydrogens is 362 g/mol. The second kappa shape index (κ2) is 6.88. The van der Waals surface area contributed by atoms with Gasteiger partial charge in [0.15, 0.2) is 0 Å². The Morgan fingerprint density at radius 1 is 1.00 bits per heavy atom. The van der Waals surface area contributed by atoms with E-state index in [1.165, 1.54) is 25.7 Å². The van der Waals surface area contributed by atoms with Crippen LogP contribution in [-0.2, 0) is 4.79 Å². The van der Waals surface area contributed by atoms with Crippen LogP contribution in [0.5, 0.6) is 0 Å². The van der Waals surface area contributed by atoms with Gasteiger partial charge in [-0.1, -0.05) is 13.8 Å². The third kappa shape index (κ3) is 3.37. The van der Waals surface area contributed by atoms with Crippen molar-refractivity contribution >= 4 is 11.9 Å². The molecule has 0 bridgehead atoms. The molecule has 3 saturated carbocycles. The fraction of sp³-hybridized carbons (Fsp3) is 0.917. The molecule has 3 amide bonds. The smallest absolute Gasteiger partial charge is 0.315 e. The standard InChI is InChI=1S/C24H41N3O2/c1-22(2,3)26-21(29)25-18-9-8-16-15-7-10-19-24(5,14-12-20(28)27(19)6)17(15)11-13-23(16,18)4/h15-19H,7-14H2,1-6H3,(H2,25,26,29)/t15?,16?,17?,18?,19-,23?,24?/m1/s1. The Hall–Kier alpha value is -1.26. The van der Waals surface area contributed by atoms with E-state index in [0.717, 1.165) is 31.1 Å². The number of hydrogen-bond donors (Lipinski definition) is 2. The molecule has 4 rings (SSSR count). The van der Waals surface area contributed by atoms with E-state index in [1.807, 2.05) is 27.8 Å². The van der Waals surface area contributed by atoms with Crippen molar-refractivity contribution in [1.82, 2.24) is 15.5 Å². The van der Waals surface area contributed by atoms with Crippen molar-refractivity contribution in [3.05, 3.63) is 0 Å². The van der Waals surface area contributed by atoms with Crippen LogP contribution in [0.1, 0.15) is 86.0 Å². The van der Waals surface area contributed by atoms with Crippen LogP contribution in [0.2, 0.25) is 0 Å². The van der Waals surface area contributed by atoms with Gasteiger partial charge in [-0.2, -0.15) is 0 Å². The van der Waals surface area contributed by atoms with Crippen molar-refractivity contribution < 1.29 is 9.59 Å². The summed E-state index contributed by atoms with van der Waals surface area (Å²) in [6.07, 6.45) is 8.92. The van der Waals surface area contributed by atoms with E-state index in [0.29, 0.717) is 24.3 Å². The second-order valence-electron chi connectivity index (χ2n) is 12.0. The summed E-state index contributed by atoms with van der Waals surface area (Å²) in [4.78, 5) is 26.9. The number of fused-ring (bicyclic) bond motifs is 5. The molecular formula is C24H41N3O2. The highest BCUT2D eigenvalue weighted by Crippen LogP contribution is 2.64. The molecule has 164 valence electrons. The molecule has 1 heterocycles. The van der Waals surface area contributed by atoms with E-state index in [4.69, 9.17) is 0 Å². The lowest BCUT2D eigenvalue weighted by Gasteiger charge is -2.61. The fourth-order valence-electron chi connectivity index (χ4n) is 7.92. The summed E-state index contributed by atoms with van der Waals surface area (Å²) in [5.41, 5.74) is 0.260. The zero-order valence-corrected chi connectivity index (χ0v) is 19.3. The van der Waals surface area contributed by atoms with Crippen molar-refractivity contribution in [1.29, 1.82) is 0 Å². The summed E-state index contributed by atoms with van der Waals surface area (Å²) in [6, 6.07) is 0.675. The molecule has 2 N–H and O–H groups in total. The summed E-state index contributed by atoms with van der Waals surface area (Å²) in [5, 5.41) is 6.43. The average Bonchev–Trinajstić information content (AvgIpc) is 2.93. The Morgan fingerprint density at radius 3 is 2.38 bits per heavy atom. The molecule has 4 aliphatic rings. The van der Waals surface area contributed by atoms with Crippen molar-refractivity contribution in [3.8, 4) is 0 Å². The Kier molecular flexibility index (Phi) is 4.98. The minimum absolute atomic E-state index is 0.0189. The predicted molar refractivity (Wildman–Crippen MR) is 115 cm³/mol. The van der Waals surface area contributed by atoms with Gasteiger partial charge in [-0.25, -0.2) is 4.79 Å². The maximum Gasteiger partial charge on any atom is 0.315 e. The minimum atomic E-state index is -0.210. The van der Waals surface area contributed by atoms with Gasteiger partial charge in [0.05, 0.1) is 0 Å². The Labute approximate surface area is 176 Å². The van der Waals surface area contributed by atoms with Gasteiger partial charge < -0.3 is 15.5 Å². The first-order valence-corrected chi connectivity index (χ1v) is 11.8. The predicted octanol–water partition coefficient (Wildman–Crippen LogP) is 4.32. The van der Waals surface area contributed by atoms with Gasteiger partial charge in [-0.05, 0) is 94.3 Å². The van der Waals surface area contributed by atoms with Gasteiger partial charge >= 0.3 is 6.03 Å². The van der Waals surface area contributed by atoms with Gasteiger partial charge in [0.2, 0.25) is 5.91 Å². The molecule has 29 heavy (non-hydrogen) atoms. The van der Waals surface area contributed by atoms with Crippen LogP contribution in [-0.4, -0.2) is 41.5 Å². The molecule has 3 aliphatic carbocycles. The van der Waals surface area contributed by atoms with Crippen molar-refractivity contribution in [2.45, 2.75) is 104 Å². The second-order valence-corrected chi connectivity index (χ2v) is 12.0. The minimum Gasteiger partial charge on any atom is -0.342 e. The Morgan fingerprint density at radius 2 is 1.69 bits per heavy atom. The first kappa shape index (κ1) is 21.0. The van der Waals surface area contributed by atoms with Crippen LogP contribution in [0.4, 0.5) is 4.79 Å². The van der Waals surface area contributed by atoms with Crippen LogP contribution < -0.4 is 10.6 Å². The normalized spacial score (nSPS) is 44.6. The quantitative estimate of drug-likeness (QED) is 0.685. The molecule has 0 spiro atoms. The highest BCUT2D eigenvalue weighted by Gasteiger charge is 2.61. The monoisotopic (exact) mass is 403 g/mol. The number of carbonyl (C=O) groups excluding carboxylic acids is 2. The lowest BCUT2D eigenvalue weighted by molar-refractivity contribution is -0.157. The van der Waals surface area contributed by atoms with E-state index in [1.54, 1.807) is 0 Å². The summed E-state index contributed by atoms with van der Waals surface area (Å²) in [6.45, 7) is 11.0. The largest absolute Gasteiger partial charge is 0.342 e. The zero-order valence-electron chi connectivity index (χ0n) is 19.3. The number of hydrogen-bond acceptors (Lipinski definition) is 2. The van der Waals surface area contributed by atoms with E-state index in [-0.39, 0.29) is 28.4 Å². The maximum absolute atomic E-state index is 12.6. The van der Waals surface area contributed by atoms with Gasteiger partial charge in [0.25, 0.3) is 0 Å². The van der Waals surface area contributed by atoms with E-state index in [2.05, 4.69) is 29.4 Å². The number of amides is 3. The van der Waals surface area contributed by atoms with Crippen molar-refractivity contribution in [3.63, 3.8) is 0 Å². The Bertz CT molecular complexity index is 686. The summed E-state index contributed by atoms with van der Waals surface area (Å²) in [7, 11) is 2.03. The number of nitrogens with one attached hydrogen (secondary N) is 2. The molecule has 7 atom stereocenters. The molecule has 0 aromatic rings. The number of nitrogens with zero attached hydrogens (tertiary/aromatic N) is 1. The Balaban J connectivity index is 1.51. The van der Waals surface area contributed by atoms with Crippen LogP contribution in [0.25, 0.3) is 0 Å². The molecule has 5 nitrogen and oxygen atoms in total. The number of piperidine rings is 1. The molecule has 4 fully saturated rings. The molecule has 1 saturated heterocycles. The van der Waals surface area contributed by atoms with Crippen LogP contribution >= 0.6 is 0 Å². The van der Waals surface area contributed by atoms with Crippen LogP contribution in [0, 0.1) is 28.6 Å². The third-order valence-electron chi connectivity index (χ3n) is 9.35. The number of carbonyl (C=O) groups is 2. The first-order chi connectivity index (χ1) is 13.5. The van der Waals surface area contributed by atoms with E-state index < -0.39 is 0 Å². The third-order valence-corrected chi connectivity index (χ3v) is 9.35. The van der Waals surface area contributed by atoms with Crippen LogP contribution in [0.3, 0.4) is 0 Å². The average molecular weight is 404 g/mol. The first-order valence-electron chi connectivity index (χ1n) is 11.8. The molecule has 5 heteroatoms. The number of likely N-dealkylation sites (tertiary alicyclic amines) is 1. The molecule has 0 radical (unpaired) electrons. The van der Waals surface area contributed by atoms with E-state index in [9.17, 15) is 9.59 Å². The lowest BCUT2D eigenvalue weighted by Crippen LogP contribution is -2.62. The number of rotatable bonds is 1.